The first-order chi connectivity index (χ1) is 13.6. The number of nitrogens with one attached hydrogen (secondary N) is 2. The standard InChI is InChI=1S/C19H20BrF3N4O2/c1-11-10-27(6-5-26(11)2)16-4-3-12(20)7-15(16)25-18(29)13-9-24-17(28)8-14(13)19(21,22)23/h3-4,7-9,11H,5-6,10H2,1-2H3,(H,24,28)(H,25,29)/t11-/m1/s1. The molecule has 1 aromatic heterocycles. The normalized spacial score (nSPS) is 18.0. The monoisotopic (exact) mass is 472 g/mol. The van der Waals surface area contributed by atoms with Gasteiger partial charge in [-0.3, -0.25) is 9.59 Å². The van der Waals surface area contributed by atoms with Gasteiger partial charge in [0.2, 0.25) is 5.56 Å². The molecule has 0 saturated carbocycles. The summed E-state index contributed by atoms with van der Waals surface area (Å²) < 4.78 is 40.5. The number of hydrogen-bond donors (Lipinski definition) is 2. The van der Waals surface area contributed by atoms with Gasteiger partial charge < -0.3 is 20.1 Å². The first-order valence-corrected chi connectivity index (χ1v) is 9.71. The zero-order valence-electron chi connectivity index (χ0n) is 15.8. The fraction of sp³-hybridized carbons (Fsp3) is 0.368. The van der Waals surface area contributed by atoms with Crippen molar-refractivity contribution in [2.75, 3.05) is 36.9 Å². The number of pyridine rings is 1. The molecule has 1 amide bonds. The molecule has 10 heteroatoms. The van der Waals surface area contributed by atoms with Gasteiger partial charge in [0, 0.05) is 42.4 Å². The summed E-state index contributed by atoms with van der Waals surface area (Å²) in [5.74, 6) is -0.949. The Morgan fingerprint density at radius 1 is 1.28 bits per heavy atom. The van der Waals surface area contributed by atoms with Crippen LogP contribution in [-0.4, -0.2) is 48.5 Å². The van der Waals surface area contributed by atoms with E-state index in [1.54, 1.807) is 6.07 Å². The zero-order chi connectivity index (χ0) is 21.3. The van der Waals surface area contributed by atoms with Crippen LogP contribution in [0, 0.1) is 0 Å². The molecule has 0 radical (unpaired) electrons. The van der Waals surface area contributed by atoms with Crippen molar-refractivity contribution in [3.63, 3.8) is 0 Å². The minimum atomic E-state index is -4.83. The number of halogens is 4. The number of aromatic nitrogens is 1. The van der Waals surface area contributed by atoms with Gasteiger partial charge in [0.25, 0.3) is 5.91 Å². The second kappa shape index (κ2) is 8.19. The number of carbonyl (C=O) groups excluding carboxylic acids is 1. The van der Waals surface area contributed by atoms with Crippen LogP contribution in [0.25, 0.3) is 0 Å². The molecule has 1 fully saturated rings. The fourth-order valence-corrected chi connectivity index (χ4v) is 3.60. The number of rotatable bonds is 3. The highest BCUT2D eigenvalue weighted by Crippen LogP contribution is 2.34. The van der Waals surface area contributed by atoms with Gasteiger partial charge in [-0.1, -0.05) is 15.9 Å². The molecule has 1 aromatic carbocycles. The van der Waals surface area contributed by atoms with Crippen LogP contribution in [0.4, 0.5) is 24.5 Å². The Bertz CT molecular complexity index is 977. The van der Waals surface area contributed by atoms with Gasteiger partial charge in [-0.05, 0) is 32.2 Å². The molecule has 2 aromatic rings. The number of amides is 1. The molecule has 6 nitrogen and oxygen atoms in total. The number of likely N-dealkylation sites (N-methyl/N-ethyl adjacent to an activating group) is 1. The van der Waals surface area contributed by atoms with E-state index in [1.165, 1.54) is 0 Å². The van der Waals surface area contributed by atoms with Crippen LogP contribution in [0.5, 0.6) is 0 Å². The van der Waals surface area contributed by atoms with Crippen LogP contribution < -0.4 is 15.8 Å². The summed E-state index contributed by atoms with van der Waals surface area (Å²) in [6, 6.07) is 5.95. The number of benzene rings is 1. The molecule has 2 heterocycles. The van der Waals surface area contributed by atoms with E-state index in [0.717, 1.165) is 25.0 Å². The summed E-state index contributed by atoms with van der Waals surface area (Å²) in [4.78, 5) is 30.4. The summed E-state index contributed by atoms with van der Waals surface area (Å²) in [6.07, 6.45) is -4.04. The van der Waals surface area contributed by atoms with E-state index in [2.05, 4.69) is 43.0 Å². The number of anilines is 2. The van der Waals surface area contributed by atoms with Crippen LogP contribution >= 0.6 is 15.9 Å². The van der Waals surface area contributed by atoms with Crippen molar-refractivity contribution in [3.05, 3.63) is 56.4 Å². The van der Waals surface area contributed by atoms with Crippen molar-refractivity contribution in [3.8, 4) is 0 Å². The highest BCUT2D eigenvalue weighted by molar-refractivity contribution is 9.10. The zero-order valence-corrected chi connectivity index (χ0v) is 17.4. The second-order valence-corrected chi connectivity index (χ2v) is 7.93. The number of piperazine rings is 1. The van der Waals surface area contributed by atoms with Gasteiger partial charge in [0.15, 0.2) is 0 Å². The summed E-state index contributed by atoms with van der Waals surface area (Å²) >= 11 is 3.34. The van der Waals surface area contributed by atoms with Gasteiger partial charge in [0.05, 0.1) is 22.5 Å². The van der Waals surface area contributed by atoms with E-state index in [0.29, 0.717) is 22.8 Å². The maximum absolute atomic E-state index is 13.3. The lowest BCUT2D eigenvalue weighted by atomic mass is 10.1. The molecule has 0 aliphatic carbocycles. The van der Waals surface area contributed by atoms with Crippen molar-refractivity contribution in [2.24, 2.45) is 0 Å². The molecular formula is C19H20BrF3N4O2. The Morgan fingerprint density at radius 3 is 2.66 bits per heavy atom. The Kier molecular flexibility index (Phi) is 6.04. The van der Waals surface area contributed by atoms with Crippen molar-refractivity contribution in [1.82, 2.24) is 9.88 Å². The third kappa shape index (κ3) is 4.81. The lowest BCUT2D eigenvalue weighted by Crippen LogP contribution is -2.50. The van der Waals surface area contributed by atoms with Crippen molar-refractivity contribution < 1.29 is 18.0 Å². The SMILES string of the molecule is C[C@@H]1CN(c2ccc(Br)cc2NC(=O)c2c[nH]c(=O)cc2C(F)(F)F)CCN1C. The minimum absolute atomic E-state index is 0.284. The molecule has 3 rings (SSSR count). The van der Waals surface area contributed by atoms with Crippen LogP contribution in [0.3, 0.4) is 0 Å². The maximum atomic E-state index is 13.3. The molecule has 0 bridgehead atoms. The molecule has 1 atom stereocenters. The molecular weight excluding hydrogens is 453 g/mol. The summed E-state index contributed by atoms with van der Waals surface area (Å²) in [7, 11) is 2.03. The summed E-state index contributed by atoms with van der Waals surface area (Å²) in [6.45, 7) is 4.34. The molecule has 0 unspecified atom stereocenters. The van der Waals surface area contributed by atoms with Gasteiger partial charge in [0.1, 0.15) is 0 Å². The van der Waals surface area contributed by atoms with Crippen LogP contribution in [-0.2, 0) is 6.18 Å². The lowest BCUT2D eigenvalue weighted by Gasteiger charge is -2.39. The Morgan fingerprint density at radius 2 is 2.00 bits per heavy atom. The van der Waals surface area contributed by atoms with Gasteiger partial charge >= 0.3 is 6.18 Å². The van der Waals surface area contributed by atoms with Crippen molar-refractivity contribution in [2.45, 2.75) is 19.1 Å². The topological polar surface area (TPSA) is 68.4 Å². The first kappa shape index (κ1) is 21.4. The average molecular weight is 473 g/mol. The Balaban J connectivity index is 1.94. The van der Waals surface area contributed by atoms with E-state index < -0.39 is 28.8 Å². The Labute approximate surface area is 173 Å². The van der Waals surface area contributed by atoms with Crippen molar-refractivity contribution >= 4 is 33.2 Å². The summed E-state index contributed by atoms with van der Waals surface area (Å²) in [5, 5.41) is 2.58. The molecule has 1 aliphatic rings. The molecule has 1 aliphatic heterocycles. The van der Waals surface area contributed by atoms with Crippen LogP contribution in [0.1, 0.15) is 22.8 Å². The fourth-order valence-electron chi connectivity index (χ4n) is 3.23. The van der Waals surface area contributed by atoms with Crippen LogP contribution in [0.2, 0.25) is 0 Å². The highest BCUT2D eigenvalue weighted by Gasteiger charge is 2.36. The van der Waals surface area contributed by atoms with E-state index in [4.69, 9.17) is 0 Å². The predicted molar refractivity (Wildman–Crippen MR) is 108 cm³/mol. The molecule has 1 saturated heterocycles. The lowest BCUT2D eigenvalue weighted by molar-refractivity contribution is -0.138. The smallest absolute Gasteiger partial charge is 0.367 e. The molecule has 29 heavy (non-hydrogen) atoms. The van der Waals surface area contributed by atoms with E-state index in [9.17, 15) is 22.8 Å². The third-order valence-corrected chi connectivity index (χ3v) is 5.47. The van der Waals surface area contributed by atoms with E-state index in [-0.39, 0.29) is 6.04 Å². The minimum Gasteiger partial charge on any atom is -0.367 e. The molecule has 156 valence electrons. The van der Waals surface area contributed by atoms with Crippen LogP contribution in [0.15, 0.2) is 39.7 Å². The largest absolute Gasteiger partial charge is 0.417 e. The third-order valence-electron chi connectivity index (χ3n) is 4.98. The number of alkyl halides is 3. The first-order valence-electron chi connectivity index (χ1n) is 8.92. The number of H-pyrrole nitrogens is 1. The maximum Gasteiger partial charge on any atom is 0.417 e. The van der Waals surface area contributed by atoms with Gasteiger partial charge in [-0.25, -0.2) is 0 Å². The number of nitrogens with zero attached hydrogens (tertiary/aromatic N) is 2. The van der Waals surface area contributed by atoms with E-state index in [1.807, 2.05) is 19.2 Å². The number of aromatic amines is 1. The van der Waals surface area contributed by atoms with Gasteiger partial charge in [-0.15, -0.1) is 0 Å². The van der Waals surface area contributed by atoms with E-state index >= 15 is 0 Å². The predicted octanol–water partition coefficient (Wildman–Crippen LogP) is 3.55. The Hall–Kier alpha value is -2.33. The second-order valence-electron chi connectivity index (χ2n) is 7.01. The van der Waals surface area contributed by atoms with Crippen molar-refractivity contribution in [1.29, 1.82) is 0 Å². The highest BCUT2D eigenvalue weighted by atomic mass is 79.9. The average Bonchev–Trinajstić information content (AvgIpc) is 2.63. The number of hydrogen-bond acceptors (Lipinski definition) is 4. The number of carbonyl (C=O) groups is 1. The molecule has 2 N–H and O–H groups in total. The van der Waals surface area contributed by atoms with Gasteiger partial charge in [-0.2, -0.15) is 13.2 Å². The summed E-state index contributed by atoms with van der Waals surface area (Å²) in [5.41, 5.74) is -1.73. The molecule has 0 spiro atoms. The quantitative estimate of drug-likeness (QED) is 0.716.